The highest BCUT2D eigenvalue weighted by Crippen LogP contribution is 2.28. The van der Waals surface area contributed by atoms with E-state index < -0.39 is 0 Å². The minimum atomic E-state index is -0.367. The van der Waals surface area contributed by atoms with Crippen molar-refractivity contribution in [2.75, 3.05) is 5.32 Å². The van der Waals surface area contributed by atoms with E-state index in [9.17, 15) is 9.18 Å². The quantitative estimate of drug-likeness (QED) is 0.521. The number of oxazole rings is 1. The molecule has 5 nitrogen and oxygen atoms in total. The molecular formula is C19H11ClFN3O2. The number of halogens is 2. The monoisotopic (exact) mass is 367 g/mol. The van der Waals surface area contributed by atoms with E-state index in [-0.39, 0.29) is 16.9 Å². The molecule has 0 saturated heterocycles. The molecule has 1 N–H and O–H groups in total. The maximum atomic E-state index is 12.9. The van der Waals surface area contributed by atoms with Gasteiger partial charge in [0.05, 0.1) is 5.56 Å². The molecule has 4 aromatic rings. The molecule has 2 heterocycles. The van der Waals surface area contributed by atoms with Crippen molar-refractivity contribution in [1.82, 2.24) is 9.97 Å². The third-order valence-electron chi connectivity index (χ3n) is 3.74. The van der Waals surface area contributed by atoms with Crippen molar-refractivity contribution in [3.63, 3.8) is 0 Å². The molecule has 128 valence electrons. The first-order valence-corrected chi connectivity index (χ1v) is 8.06. The van der Waals surface area contributed by atoms with Crippen LogP contribution in [0.25, 0.3) is 22.6 Å². The van der Waals surface area contributed by atoms with Crippen molar-refractivity contribution in [2.45, 2.75) is 0 Å². The van der Waals surface area contributed by atoms with Gasteiger partial charge in [0.2, 0.25) is 5.89 Å². The Morgan fingerprint density at radius 1 is 1.12 bits per heavy atom. The summed E-state index contributed by atoms with van der Waals surface area (Å²) in [7, 11) is 0. The minimum absolute atomic E-state index is 0.285. The number of nitrogens with zero attached hydrogens (tertiary/aromatic N) is 2. The third kappa shape index (κ3) is 3.14. The van der Waals surface area contributed by atoms with Crippen molar-refractivity contribution in [3.05, 3.63) is 77.3 Å². The number of benzene rings is 2. The highest BCUT2D eigenvalue weighted by atomic mass is 35.5. The maximum absolute atomic E-state index is 12.9. The Kier molecular flexibility index (Phi) is 4.10. The smallest absolute Gasteiger partial charge is 0.255 e. The molecule has 0 aliphatic carbocycles. The van der Waals surface area contributed by atoms with Crippen LogP contribution < -0.4 is 5.32 Å². The Morgan fingerprint density at radius 2 is 1.92 bits per heavy atom. The Morgan fingerprint density at radius 3 is 2.69 bits per heavy atom. The number of pyridine rings is 1. The summed E-state index contributed by atoms with van der Waals surface area (Å²) in [6, 6.07) is 13.9. The summed E-state index contributed by atoms with van der Waals surface area (Å²) in [6.45, 7) is 0. The molecule has 0 fully saturated rings. The second-order valence-corrected chi connectivity index (χ2v) is 5.86. The first-order chi connectivity index (χ1) is 12.6. The number of anilines is 1. The average Bonchev–Trinajstić information content (AvgIpc) is 3.07. The van der Waals surface area contributed by atoms with Gasteiger partial charge in [-0.1, -0.05) is 11.6 Å². The Hall–Kier alpha value is -3.25. The van der Waals surface area contributed by atoms with Crippen molar-refractivity contribution < 1.29 is 13.6 Å². The van der Waals surface area contributed by atoms with E-state index in [2.05, 4.69) is 15.3 Å². The molecule has 0 aliphatic heterocycles. The number of fused-ring (bicyclic) bond motifs is 1. The lowest BCUT2D eigenvalue weighted by atomic mass is 10.2. The Bertz CT molecular complexity index is 1110. The number of rotatable bonds is 3. The average molecular weight is 368 g/mol. The van der Waals surface area contributed by atoms with Crippen molar-refractivity contribution in [2.24, 2.45) is 0 Å². The molecule has 0 unspecified atom stereocenters. The summed E-state index contributed by atoms with van der Waals surface area (Å²) in [4.78, 5) is 20.8. The van der Waals surface area contributed by atoms with Gasteiger partial charge in [-0.15, -0.1) is 0 Å². The van der Waals surface area contributed by atoms with Gasteiger partial charge in [-0.25, -0.2) is 14.4 Å². The second-order valence-electron chi connectivity index (χ2n) is 5.50. The second kappa shape index (κ2) is 6.57. The molecule has 4 rings (SSSR count). The van der Waals surface area contributed by atoms with Crippen molar-refractivity contribution in [1.29, 1.82) is 0 Å². The van der Waals surface area contributed by atoms with E-state index in [1.165, 1.54) is 24.3 Å². The summed E-state index contributed by atoms with van der Waals surface area (Å²) >= 11 is 6.07. The third-order valence-corrected chi connectivity index (χ3v) is 4.04. The summed E-state index contributed by atoms with van der Waals surface area (Å²) in [5.74, 6) is -0.370. The standard InChI is InChI=1S/C19H11ClFN3O2/c20-17-14(2-1-9-22-17)19-24-15-10-11(3-8-16(15)26-19)18(25)23-13-6-4-12(21)5-7-13/h1-10H,(H,23,25). The molecule has 0 bridgehead atoms. The van der Waals surface area contributed by atoms with Gasteiger partial charge < -0.3 is 9.73 Å². The van der Waals surface area contributed by atoms with Gasteiger partial charge in [0.1, 0.15) is 16.5 Å². The molecule has 0 saturated carbocycles. The van der Waals surface area contributed by atoms with Gasteiger partial charge >= 0.3 is 0 Å². The van der Waals surface area contributed by atoms with Gasteiger partial charge in [0.15, 0.2) is 5.58 Å². The zero-order valence-corrected chi connectivity index (χ0v) is 14.0. The van der Waals surface area contributed by atoms with Crippen LogP contribution in [0.1, 0.15) is 10.4 Å². The number of hydrogen-bond donors (Lipinski definition) is 1. The summed E-state index contributed by atoms with van der Waals surface area (Å²) in [6.07, 6.45) is 1.58. The van der Waals surface area contributed by atoms with Crippen molar-refractivity contribution >= 4 is 34.3 Å². The molecule has 0 aliphatic rings. The number of hydrogen-bond acceptors (Lipinski definition) is 4. The summed E-state index contributed by atoms with van der Waals surface area (Å²) in [5, 5.41) is 2.99. The van der Waals surface area contributed by atoms with Crippen LogP contribution in [0.15, 0.2) is 65.2 Å². The molecule has 1 amide bonds. The zero-order valence-electron chi connectivity index (χ0n) is 13.2. The van der Waals surface area contributed by atoms with Gasteiger partial charge in [-0.3, -0.25) is 4.79 Å². The van der Waals surface area contributed by atoms with Crippen LogP contribution in [0.3, 0.4) is 0 Å². The predicted molar refractivity (Wildman–Crippen MR) is 96.6 cm³/mol. The van der Waals surface area contributed by atoms with Crippen molar-refractivity contribution in [3.8, 4) is 11.5 Å². The SMILES string of the molecule is O=C(Nc1ccc(F)cc1)c1ccc2oc(-c3cccnc3Cl)nc2c1. The normalized spacial score (nSPS) is 10.8. The van der Waals surface area contributed by atoms with E-state index in [4.69, 9.17) is 16.0 Å². The van der Waals surface area contributed by atoms with Crippen LogP contribution in [0.2, 0.25) is 5.15 Å². The molecule has 2 aromatic heterocycles. The van der Waals surface area contributed by atoms with Gasteiger partial charge in [-0.2, -0.15) is 0 Å². The topological polar surface area (TPSA) is 68.0 Å². The molecular weight excluding hydrogens is 357 g/mol. The fraction of sp³-hybridized carbons (Fsp3) is 0. The molecule has 26 heavy (non-hydrogen) atoms. The lowest BCUT2D eigenvalue weighted by molar-refractivity contribution is 0.102. The molecule has 0 atom stereocenters. The van der Waals surface area contributed by atoms with E-state index in [1.807, 2.05) is 0 Å². The van der Waals surface area contributed by atoms with Crippen LogP contribution in [-0.4, -0.2) is 15.9 Å². The summed E-state index contributed by atoms with van der Waals surface area (Å²) < 4.78 is 18.6. The fourth-order valence-electron chi connectivity index (χ4n) is 2.47. The number of carbonyl (C=O) groups is 1. The molecule has 7 heteroatoms. The van der Waals surface area contributed by atoms with Gasteiger partial charge in [-0.05, 0) is 54.6 Å². The predicted octanol–water partition coefficient (Wildman–Crippen LogP) is 4.93. The van der Waals surface area contributed by atoms with E-state index in [0.717, 1.165) is 0 Å². The van der Waals surface area contributed by atoms with Crippen LogP contribution >= 0.6 is 11.6 Å². The highest BCUT2D eigenvalue weighted by Gasteiger charge is 2.14. The van der Waals surface area contributed by atoms with E-state index >= 15 is 0 Å². The van der Waals surface area contributed by atoms with Crippen LogP contribution in [0.4, 0.5) is 10.1 Å². The number of aromatic nitrogens is 2. The van der Waals surface area contributed by atoms with Gasteiger partial charge in [0.25, 0.3) is 5.91 Å². The van der Waals surface area contributed by atoms with E-state index in [1.54, 1.807) is 36.5 Å². The lowest BCUT2D eigenvalue weighted by Gasteiger charge is -2.04. The first kappa shape index (κ1) is 16.2. The summed E-state index contributed by atoms with van der Waals surface area (Å²) in [5.41, 5.74) is 2.52. The number of carbonyl (C=O) groups excluding carboxylic acids is 1. The van der Waals surface area contributed by atoms with E-state index in [0.29, 0.717) is 33.8 Å². The van der Waals surface area contributed by atoms with Crippen LogP contribution in [-0.2, 0) is 0 Å². The van der Waals surface area contributed by atoms with Gasteiger partial charge in [0, 0.05) is 17.4 Å². The van der Waals surface area contributed by atoms with Crippen LogP contribution in [0.5, 0.6) is 0 Å². The largest absolute Gasteiger partial charge is 0.436 e. The molecule has 0 radical (unpaired) electrons. The lowest BCUT2D eigenvalue weighted by Crippen LogP contribution is -2.11. The molecule has 2 aromatic carbocycles. The maximum Gasteiger partial charge on any atom is 0.255 e. The molecule has 0 spiro atoms. The minimum Gasteiger partial charge on any atom is -0.436 e. The first-order valence-electron chi connectivity index (χ1n) is 7.68. The van der Waals surface area contributed by atoms with Crippen LogP contribution in [0, 0.1) is 5.82 Å². The zero-order chi connectivity index (χ0) is 18.1. The Labute approximate surface area is 152 Å². The highest BCUT2D eigenvalue weighted by molar-refractivity contribution is 6.31. The fourth-order valence-corrected chi connectivity index (χ4v) is 2.67. The Balaban J connectivity index is 1.64. The number of nitrogens with one attached hydrogen (secondary N) is 1. The number of amides is 1.